The third-order valence-corrected chi connectivity index (χ3v) is 2.80. The Morgan fingerprint density at radius 3 is 2.88 bits per heavy atom. The molecule has 88 valence electrons. The Balaban J connectivity index is 2.51. The molecule has 0 atom stereocenters. The van der Waals surface area contributed by atoms with Crippen LogP contribution >= 0.6 is 11.6 Å². The van der Waals surface area contributed by atoms with Crippen LogP contribution in [-0.2, 0) is 6.54 Å². The molecule has 17 heavy (non-hydrogen) atoms. The molecule has 0 aliphatic carbocycles. The normalized spacial score (nSPS) is 10.5. The third kappa shape index (κ3) is 2.29. The maximum atomic E-state index is 11.9. The van der Waals surface area contributed by atoms with Gasteiger partial charge in [-0.2, -0.15) is 0 Å². The second kappa shape index (κ2) is 4.55. The molecule has 0 aromatic carbocycles. The first-order valence-electron chi connectivity index (χ1n) is 4.97. The van der Waals surface area contributed by atoms with E-state index in [1.54, 1.807) is 31.5 Å². The van der Waals surface area contributed by atoms with Crippen LogP contribution in [0.1, 0.15) is 11.1 Å². The van der Waals surface area contributed by atoms with Gasteiger partial charge >= 0.3 is 5.69 Å². The Labute approximate surface area is 102 Å². The van der Waals surface area contributed by atoms with E-state index in [-0.39, 0.29) is 17.3 Å². The molecule has 0 aliphatic heterocycles. The fraction of sp³-hybridized carbons (Fsp3) is 0.182. The molecule has 6 heteroatoms. The monoisotopic (exact) mass is 251 g/mol. The van der Waals surface area contributed by atoms with Crippen molar-refractivity contribution in [2.24, 2.45) is 0 Å². The van der Waals surface area contributed by atoms with Gasteiger partial charge in [0.2, 0.25) is 0 Å². The van der Waals surface area contributed by atoms with E-state index in [1.807, 2.05) is 0 Å². The maximum absolute atomic E-state index is 11.9. The lowest BCUT2D eigenvalue weighted by Gasteiger charge is -2.06. The van der Waals surface area contributed by atoms with Crippen LogP contribution in [0, 0.1) is 6.92 Å². The van der Waals surface area contributed by atoms with Crippen LogP contribution < -0.4 is 11.2 Å². The molecule has 2 aromatic rings. The standard InChI is InChI=1S/C11H10ClN3O2/c1-7-9(12)14-11(17)15(10(7)16)6-8-3-2-4-13-5-8/h2-5H,6H2,1H3,(H,14,17). The first-order chi connectivity index (χ1) is 8.09. The van der Waals surface area contributed by atoms with Crippen molar-refractivity contribution in [3.63, 3.8) is 0 Å². The molecule has 0 fully saturated rings. The highest BCUT2D eigenvalue weighted by Gasteiger charge is 2.08. The summed E-state index contributed by atoms with van der Waals surface area (Å²) in [5, 5.41) is 0.0856. The number of aromatic amines is 1. The number of nitrogens with zero attached hydrogens (tertiary/aromatic N) is 2. The minimum atomic E-state index is -0.519. The van der Waals surface area contributed by atoms with E-state index in [0.717, 1.165) is 10.1 Å². The predicted octanol–water partition coefficient (Wildman–Crippen LogP) is 0.942. The molecule has 1 N–H and O–H groups in total. The van der Waals surface area contributed by atoms with Crippen LogP contribution in [0.2, 0.25) is 5.15 Å². The number of pyridine rings is 1. The van der Waals surface area contributed by atoms with Crippen LogP contribution in [0.15, 0.2) is 34.1 Å². The number of H-pyrrole nitrogens is 1. The van der Waals surface area contributed by atoms with E-state index in [1.165, 1.54) is 0 Å². The predicted molar refractivity (Wildman–Crippen MR) is 64.4 cm³/mol. The second-order valence-corrected chi connectivity index (χ2v) is 4.00. The van der Waals surface area contributed by atoms with E-state index in [0.29, 0.717) is 5.56 Å². The van der Waals surface area contributed by atoms with E-state index in [9.17, 15) is 9.59 Å². The molecule has 0 saturated heterocycles. The lowest BCUT2D eigenvalue weighted by atomic mass is 10.3. The van der Waals surface area contributed by atoms with Crippen molar-refractivity contribution < 1.29 is 0 Å². The number of aromatic nitrogens is 3. The third-order valence-electron chi connectivity index (χ3n) is 2.42. The number of halogens is 1. The molecule has 5 nitrogen and oxygen atoms in total. The van der Waals surface area contributed by atoms with E-state index in [2.05, 4.69) is 9.97 Å². The lowest BCUT2D eigenvalue weighted by molar-refractivity contribution is 0.690. The van der Waals surface area contributed by atoms with Gasteiger partial charge in [0.05, 0.1) is 6.54 Å². The first-order valence-corrected chi connectivity index (χ1v) is 5.35. The van der Waals surface area contributed by atoms with Crippen molar-refractivity contribution in [3.8, 4) is 0 Å². The van der Waals surface area contributed by atoms with Gasteiger partial charge in [0.25, 0.3) is 5.56 Å². The van der Waals surface area contributed by atoms with E-state index in [4.69, 9.17) is 11.6 Å². The molecule has 0 amide bonds. The summed E-state index contributed by atoms with van der Waals surface area (Å²) < 4.78 is 1.10. The average molecular weight is 252 g/mol. The minimum absolute atomic E-state index is 0.0856. The highest BCUT2D eigenvalue weighted by molar-refractivity contribution is 6.30. The van der Waals surface area contributed by atoms with Gasteiger partial charge in [-0.15, -0.1) is 0 Å². The zero-order chi connectivity index (χ0) is 12.4. The Morgan fingerprint density at radius 2 is 2.24 bits per heavy atom. The van der Waals surface area contributed by atoms with Gasteiger partial charge in [-0.05, 0) is 18.6 Å². The van der Waals surface area contributed by atoms with E-state index >= 15 is 0 Å². The average Bonchev–Trinajstić information content (AvgIpc) is 2.33. The molecule has 2 aromatic heterocycles. The van der Waals surface area contributed by atoms with Gasteiger partial charge in [0, 0.05) is 18.0 Å². The van der Waals surface area contributed by atoms with Crippen molar-refractivity contribution in [2.45, 2.75) is 13.5 Å². The van der Waals surface area contributed by atoms with Crippen LogP contribution in [-0.4, -0.2) is 14.5 Å². The van der Waals surface area contributed by atoms with Gasteiger partial charge < -0.3 is 0 Å². The molecule has 0 saturated carbocycles. The van der Waals surface area contributed by atoms with Gasteiger partial charge in [-0.25, -0.2) is 4.79 Å². The number of rotatable bonds is 2. The molecule has 0 spiro atoms. The summed E-state index contributed by atoms with van der Waals surface area (Å²) in [7, 11) is 0. The fourth-order valence-electron chi connectivity index (χ4n) is 1.46. The van der Waals surface area contributed by atoms with Gasteiger partial charge in [-0.3, -0.25) is 19.3 Å². The number of hydrogen-bond donors (Lipinski definition) is 1. The van der Waals surface area contributed by atoms with Gasteiger partial charge in [-0.1, -0.05) is 17.7 Å². The second-order valence-electron chi connectivity index (χ2n) is 3.62. The highest BCUT2D eigenvalue weighted by Crippen LogP contribution is 2.03. The van der Waals surface area contributed by atoms with Crippen LogP contribution in [0.3, 0.4) is 0 Å². The molecular formula is C11H10ClN3O2. The van der Waals surface area contributed by atoms with Gasteiger partial charge in [0.1, 0.15) is 5.15 Å². The summed E-state index contributed by atoms with van der Waals surface area (Å²) in [5.74, 6) is 0. The molecule has 2 rings (SSSR count). The summed E-state index contributed by atoms with van der Waals surface area (Å²) in [6.45, 7) is 1.75. The molecule has 0 radical (unpaired) electrons. The van der Waals surface area contributed by atoms with Crippen molar-refractivity contribution in [2.75, 3.05) is 0 Å². The summed E-state index contributed by atoms with van der Waals surface area (Å²) >= 11 is 5.71. The SMILES string of the molecule is Cc1c(Cl)[nH]c(=O)n(Cc2cccnc2)c1=O. The largest absolute Gasteiger partial charge is 0.329 e. The van der Waals surface area contributed by atoms with Crippen LogP contribution in [0.5, 0.6) is 0 Å². The molecule has 2 heterocycles. The summed E-state index contributed by atoms with van der Waals surface area (Å²) in [6.07, 6.45) is 3.24. The lowest BCUT2D eigenvalue weighted by Crippen LogP contribution is -2.36. The van der Waals surface area contributed by atoms with Crippen molar-refractivity contribution in [3.05, 3.63) is 61.6 Å². The first kappa shape index (κ1) is 11.6. The molecular weight excluding hydrogens is 242 g/mol. The Morgan fingerprint density at radius 1 is 1.47 bits per heavy atom. The number of nitrogens with one attached hydrogen (secondary N) is 1. The Bertz CT molecular complexity index is 646. The van der Waals surface area contributed by atoms with Crippen LogP contribution in [0.4, 0.5) is 0 Å². The quantitative estimate of drug-likeness (QED) is 0.808. The van der Waals surface area contributed by atoms with Gasteiger partial charge in [0.15, 0.2) is 0 Å². The Kier molecular flexibility index (Phi) is 3.10. The topological polar surface area (TPSA) is 67.8 Å². The maximum Gasteiger partial charge on any atom is 0.329 e. The highest BCUT2D eigenvalue weighted by atomic mass is 35.5. The summed E-state index contributed by atoms with van der Waals surface area (Å²) in [4.78, 5) is 29.8. The van der Waals surface area contributed by atoms with E-state index < -0.39 is 5.69 Å². The molecule has 0 aliphatic rings. The zero-order valence-corrected chi connectivity index (χ0v) is 9.86. The molecule has 0 unspecified atom stereocenters. The molecule has 0 bridgehead atoms. The summed E-state index contributed by atoms with van der Waals surface area (Å²) in [6, 6.07) is 3.54. The van der Waals surface area contributed by atoms with Crippen molar-refractivity contribution in [1.29, 1.82) is 0 Å². The summed E-state index contributed by atoms with van der Waals surface area (Å²) in [5.41, 5.74) is 0.203. The fourth-order valence-corrected chi connectivity index (χ4v) is 1.62. The minimum Gasteiger partial charge on any atom is -0.297 e. The van der Waals surface area contributed by atoms with Crippen molar-refractivity contribution >= 4 is 11.6 Å². The number of hydrogen-bond acceptors (Lipinski definition) is 3. The Hall–Kier alpha value is -1.88. The smallest absolute Gasteiger partial charge is 0.297 e. The van der Waals surface area contributed by atoms with Crippen LogP contribution in [0.25, 0.3) is 0 Å². The zero-order valence-electron chi connectivity index (χ0n) is 9.11. The van der Waals surface area contributed by atoms with Crippen molar-refractivity contribution in [1.82, 2.24) is 14.5 Å².